The maximum Gasteiger partial charge on any atom is 0.239 e. The molecule has 0 aromatic carbocycles. The predicted molar refractivity (Wildman–Crippen MR) is 80.5 cm³/mol. The lowest BCUT2D eigenvalue weighted by atomic mass is 10.2. The second-order valence-corrected chi connectivity index (χ2v) is 5.74. The second kappa shape index (κ2) is 8.25. The van der Waals surface area contributed by atoms with Crippen LogP contribution in [0.15, 0.2) is 0 Å². The lowest BCUT2D eigenvalue weighted by Gasteiger charge is -2.28. The van der Waals surface area contributed by atoms with E-state index in [4.69, 9.17) is 0 Å². The van der Waals surface area contributed by atoms with E-state index in [1.54, 1.807) is 19.0 Å². The third-order valence-electron chi connectivity index (χ3n) is 3.77. The molecule has 0 aromatic rings. The number of hydrogen-bond acceptors (Lipinski definition) is 3. The Morgan fingerprint density at radius 2 is 1.75 bits per heavy atom. The highest BCUT2D eigenvalue weighted by atomic mass is 16.2. The first kappa shape index (κ1) is 17.0. The zero-order valence-electron chi connectivity index (χ0n) is 13.4. The van der Waals surface area contributed by atoms with Crippen molar-refractivity contribution in [2.45, 2.75) is 45.6 Å². The molecule has 0 radical (unpaired) electrons. The smallest absolute Gasteiger partial charge is 0.239 e. The van der Waals surface area contributed by atoms with E-state index in [1.165, 1.54) is 0 Å². The van der Waals surface area contributed by atoms with E-state index in [2.05, 4.69) is 13.8 Å². The van der Waals surface area contributed by atoms with E-state index < -0.39 is 0 Å². The van der Waals surface area contributed by atoms with Gasteiger partial charge in [-0.15, -0.1) is 0 Å². The molecule has 5 nitrogen and oxygen atoms in total. The molecule has 0 saturated carbocycles. The largest absolute Gasteiger partial charge is 0.347 e. The molecular formula is C15H29N3O2. The van der Waals surface area contributed by atoms with Gasteiger partial charge in [0.05, 0.1) is 12.6 Å². The van der Waals surface area contributed by atoms with Gasteiger partial charge in [-0.25, -0.2) is 0 Å². The average molecular weight is 283 g/mol. The summed E-state index contributed by atoms with van der Waals surface area (Å²) in [4.78, 5) is 30.1. The van der Waals surface area contributed by atoms with Crippen LogP contribution in [-0.4, -0.2) is 72.8 Å². The van der Waals surface area contributed by atoms with Crippen LogP contribution in [-0.2, 0) is 9.59 Å². The zero-order chi connectivity index (χ0) is 15.1. The van der Waals surface area contributed by atoms with Crippen molar-refractivity contribution >= 4 is 11.8 Å². The fraction of sp³-hybridized carbons (Fsp3) is 0.867. The summed E-state index contributed by atoms with van der Waals surface area (Å²) in [7, 11) is 3.56. The number of likely N-dealkylation sites (N-methyl/N-ethyl adjacent to an activating group) is 1. The van der Waals surface area contributed by atoms with Gasteiger partial charge in [0.25, 0.3) is 0 Å². The minimum Gasteiger partial charge on any atom is -0.347 e. The Bertz CT molecular complexity index is 325. The molecule has 1 heterocycles. The van der Waals surface area contributed by atoms with E-state index in [0.717, 1.165) is 45.3 Å². The zero-order valence-corrected chi connectivity index (χ0v) is 13.4. The van der Waals surface area contributed by atoms with Gasteiger partial charge < -0.3 is 9.80 Å². The molecule has 2 amide bonds. The molecule has 0 spiro atoms. The fourth-order valence-electron chi connectivity index (χ4n) is 2.77. The summed E-state index contributed by atoms with van der Waals surface area (Å²) in [5.41, 5.74) is 0. The molecule has 1 fully saturated rings. The van der Waals surface area contributed by atoms with Gasteiger partial charge in [0, 0.05) is 27.2 Å². The highest BCUT2D eigenvalue weighted by Gasteiger charge is 2.33. The maximum absolute atomic E-state index is 12.4. The molecule has 0 aromatic heterocycles. The van der Waals surface area contributed by atoms with Gasteiger partial charge in [-0.3, -0.25) is 14.5 Å². The Balaban J connectivity index is 2.60. The van der Waals surface area contributed by atoms with Crippen molar-refractivity contribution in [1.29, 1.82) is 0 Å². The number of amides is 2. The Hall–Kier alpha value is -1.10. The fourth-order valence-corrected chi connectivity index (χ4v) is 2.77. The summed E-state index contributed by atoms with van der Waals surface area (Å²) in [5.74, 6) is 0.278. The summed E-state index contributed by atoms with van der Waals surface area (Å²) in [6.45, 7) is 7.03. The molecule has 0 bridgehead atoms. The molecule has 0 aliphatic carbocycles. The van der Waals surface area contributed by atoms with Gasteiger partial charge in [-0.1, -0.05) is 13.8 Å². The van der Waals surface area contributed by atoms with Crippen LogP contribution in [0.1, 0.15) is 39.5 Å². The van der Waals surface area contributed by atoms with Crippen LogP contribution < -0.4 is 0 Å². The Morgan fingerprint density at radius 3 is 2.25 bits per heavy atom. The van der Waals surface area contributed by atoms with Crippen LogP contribution in [0.3, 0.4) is 0 Å². The third kappa shape index (κ3) is 4.47. The van der Waals surface area contributed by atoms with Gasteiger partial charge in [-0.05, 0) is 32.2 Å². The molecule has 5 heteroatoms. The predicted octanol–water partition coefficient (Wildman–Crippen LogP) is 1.19. The highest BCUT2D eigenvalue weighted by molar-refractivity contribution is 5.83. The standard InChI is InChI=1S/C15H29N3O2/c1-5-9-17(10-6-2)14(19)12-18-11-7-8-13(18)15(20)16(3)4/h13H,5-12H2,1-4H3/t13-/m0/s1. The monoisotopic (exact) mass is 283 g/mol. The number of carbonyl (C=O) groups excluding carboxylic acids is 2. The Morgan fingerprint density at radius 1 is 1.15 bits per heavy atom. The third-order valence-corrected chi connectivity index (χ3v) is 3.77. The average Bonchev–Trinajstić information content (AvgIpc) is 2.85. The maximum atomic E-state index is 12.4. The summed E-state index contributed by atoms with van der Waals surface area (Å²) >= 11 is 0. The van der Waals surface area contributed by atoms with E-state index in [0.29, 0.717) is 6.54 Å². The summed E-state index contributed by atoms with van der Waals surface area (Å²) in [6, 6.07) is -0.112. The molecule has 1 rings (SSSR count). The van der Waals surface area contributed by atoms with E-state index in [1.807, 2.05) is 9.80 Å². The van der Waals surface area contributed by atoms with Crippen LogP contribution in [0, 0.1) is 0 Å². The van der Waals surface area contributed by atoms with Crippen molar-refractivity contribution in [3.63, 3.8) is 0 Å². The van der Waals surface area contributed by atoms with Gasteiger partial charge in [0.15, 0.2) is 0 Å². The SMILES string of the molecule is CCCN(CCC)C(=O)CN1CCC[C@H]1C(=O)N(C)C. The molecule has 1 aliphatic heterocycles. The minimum atomic E-state index is -0.112. The Kier molecular flexibility index (Phi) is 6.99. The number of hydrogen-bond donors (Lipinski definition) is 0. The highest BCUT2D eigenvalue weighted by Crippen LogP contribution is 2.18. The van der Waals surface area contributed by atoms with E-state index in [9.17, 15) is 9.59 Å². The second-order valence-electron chi connectivity index (χ2n) is 5.74. The van der Waals surface area contributed by atoms with Gasteiger partial charge in [0.2, 0.25) is 11.8 Å². The number of rotatable bonds is 7. The Labute approximate surface area is 122 Å². The van der Waals surface area contributed by atoms with Crippen molar-refractivity contribution in [1.82, 2.24) is 14.7 Å². The van der Waals surface area contributed by atoms with Gasteiger partial charge in [-0.2, -0.15) is 0 Å². The quantitative estimate of drug-likeness (QED) is 0.705. The number of carbonyl (C=O) groups is 2. The molecule has 20 heavy (non-hydrogen) atoms. The topological polar surface area (TPSA) is 43.9 Å². The molecule has 1 atom stereocenters. The summed E-state index contributed by atoms with van der Waals surface area (Å²) in [5, 5.41) is 0. The lowest BCUT2D eigenvalue weighted by Crippen LogP contribution is -2.47. The molecular weight excluding hydrogens is 254 g/mol. The first-order valence-electron chi connectivity index (χ1n) is 7.74. The molecule has 0 unspecified atom stereocenters. The number of nitrogens with zero attached hydrogens (tertiary/aromatic N) is 3. The van der Waals surface area contributed by atoms with Crippen LogP contribution >= 0.6 is 0 Å². The summed E-state index contributed by atoms with van der Waals surface area (Å²) in [6.07, 6.45) is 3.82. The first-order valence-corrected chi connectivity index (χ1v) is 7.74. The number of likely N-dealkylation sites (tertiary alicyclic amines) is 1. The molecule has 0 N–H and O–H groups in total. The molecule has 116 valence electrons. The van der Waals surface area contributed by atoms with Crippen molar-refractivity contribution in [3.8, 4) is 0 Å². The molecule has 1 saturated heterocycles. The van der Waals surface area contributed by atoms with E-state index in [-0.39, 0.29) is 17.9 Å². The van der Waals surface area contributed by atoms with Crippen LogP contribution in [0.25, 0.3) is 0 Å². The van der Waals surface area contributed by atoms with E-state index >= 15 is 0 Å². The van der Waals surface area contributed by atoms with Crippen molar-refractivity contribution in [3.05, 3.63) is 0 Å². The lowest BCUT2D eigenvalue weighted by molar-refractivity contribution is -0.137. The van der Waals surface area contributed by atoms with Crippen molar-refractivity contribution in [2.75, 3.05) is 40.3 Å². The normalized spacial score (nSPS) is 19.1. The van der Waals surface area contributed by atoms with Gasteiger partial charge >= 0.3 is 0 Å². The van der Waals surface area contributed by atoms with Crippen molar-refractivity contribution < 1.29 is 9.59 Å². The minimum absolute atomic E-state index is 0.112. The van der Waals surface area contributed by atoms with Gasteiger partial charge in [0.1, 0.15) is 0 Å². The first-order chi connectivity index (χ1) is 9.51. The van der Waals surface area contributed by atoms with Crippen LogP contribution in [0.4, 0.5) is 0 Å². The van der Waals surface area contributed by atoms with Crippen LogP contribution in [0.5, 0.6) is 0 Å². The summed E-state index contributed by atoms with van der Waals surface area (Å²) < 4.78 is 0. The van der Waals surface area contributed by atoms with Crippen molar-refractivity contribution in [2.24, 2.45) is 0 Å². The van der Waals surface area contributed by atoms with Crippen LogP contribution in [0.2, 0.25) is 0 Å². The molecule has 1 aliphatic rings.